The quantitative estimate of drug-likeness (QED) is 0.602. The van der Waals surface area contributed by atoms with E-state index in [1.165, 1.54) is 0 Å². The van der Waals surface area contributed by atoms with Crippen molar-refractivity contribution < 1.29 is 4.79 Å². The topological polar surface area (TPSA) is 88.0 Å². The van der Waals surface area contributed by atoms with Crippen LogP contribution < -0.4 is 5.32 Å². The Morgan fingerprint density at radius 3 is 3.00 bits per heavy atom. The number of aromatic nitrogens is 5. The van der Waals surface area contributed by atoms with Crippen molar-refractivity contribution in [1.82, 2.24) is 24.8 Å². The van der Waals surface area contributed by atoms with E-state index in [0.29, 0.717) is 11.2 Å². The Balaban J connectivity index is 1.51. The van der Waals surface area contributed by atoms with Gasteiger partial charge in [0, 0.05) is 18.1 Å². The number of nitrogens with zero attached hydrogens (tertiary/aromatic N) is 4. The summed E-state index contributed by atoms with van der Waals surface area (Å²) in [6.07, 6.45) is 3.98. The average molecular weight is 292 g/mol. The lowest BCUT2D eigenvalue weighted by atomic mass is 10.2. The zero-order chi connectivity index (χ0) is 14.9. The molecule has 1 amide bonds. The molecule has 2 N–H and O–H groups in total. The highest BCUT2D eigenvalue weighted by Crippen LogP contribution is 2.15. The molecule has 0 aliphatic rings. The number of imidazole rings is 1. The van der Waals surface area contributed by atoms with E-state index in [4.69, 9.17) is 0 Å². The van der Waals surface area contributed by atoms with Gasteiger partial charge in [0.2, 0.25) is 5.91 Å². The lowest BCUT2D eigenvalue weighted by molar-refractivity contribution is -0.115. The lowest BCUT2D eigenvalue weighted by Crippen LogP contribution is -2.14. The van der Waals surface area contributed by atoms with Crippen molar-refractivity contribution in [2.45, 2.75) is 6.42 Å². The molecule has 3 aromatic heterocycles. The minimum Gasteiger partial charge on any atom is -0.326 e. The number of aromatic amines is 1. The Morgan fingerprint density at radius 2 is 2.09 bits per heavy atom. The first-order valence-corrected chi connectivity index (χ1v) is 6.81. The Kier molecular flexibility index (Phi) is 2.82. The molecular weight excluding hydrogens is 280 g/mol. The fourth-order valence-electron chi connectivity index (χ4n) is 2.36. The van der Waals surface area contributed by atoms with E-state index in [1.807, 2.05) is 35.0 Å². The van der Waals surface area contributed by atoms with Crippen LogP contribution in [-0.4, -0.2) is 30.7 Å². The van der Waals surface area contributed by atoms with Gasteiger partial charge in [-0.3, -0.25) is 4.79 Å². The van der Waals surface area contributed by atoms with Crippen molar-refractivity contribution in [2.75, 3.05) is 5.32 Å². The Bertz CT molecular complexity index is 931. The molecule has 22 heavy (non-hydrogen) atoms. The molecule has 0 saturated carbocycles. The molecule has 4 rings (SSSR count). The summed E-state index contributed by atoms with van der Waals surface area (Å²) in [6, 6.07) is 11.1. The zero-order valence-electron chi connectivity index (χ0n) is 11.5. The van der Waals surface area contributed by atoms with E-state index in [9.17, 15) is 4.79 Å². The molecule has 0 aliphatic carbocycles. The zero-order valence-corrected chi connectivity index (χ0v) is 11.5. The van der Waals surface area contributed by atoms with Crippen LogP contribution in [0.4, 0.5) is 5.69 Å². The number of hydrogen-bond donors (Lipinski definition) is 2. The fraction of sp³-hybridized carbons (Fsp3) is 0.0667. The second kappa shape index (κ2) is 4.96. The number of amides is 1. The summed E-state index contributed by atoms with van der Waals surface area (Å²) in [6.45, 7) is 0. The fourth-order valence-corrected chi connectivity index (χ4v) is 2.36. The molecule has 0 atom stereocenters. The van der Waals surface area contributed by atoms with Crippen LogP contribution in [0.15, 0.2) is 48.8 Å². The third-order valence-corrected chi connectivity index (χ3v) is 3.36. The van der Waals surface area contributed by atoms with Crippen LogP contribution in [0.1, 0.15) is 5.69 Å². The van der Waals surface area contributed by atoms with Crippen LogP contribution >= 0.6 is 0 Å². The highest BCUT2D eigenvalue weighted by Gasteiger charge is 2.09. The van der Waals surface area contributed by atoms with Gasteiger partial charge in [-0.25, -0.2) is 4.98 Å². The smallest absolute Gasteiger partial charge is 0.230 e. The van der Waals surface area contributed by atoms with Gasteiger partial charge in [-0.1, -0.05) is 6.07 Å². The third kappa shape index (κ3) is 2.28. The lowest BCUT2D eigenvalue weighted by Gasteiger charge is -2.03. The molecule has 7 heteroatoms. The van der Waals surface area contributed by atoms with Crippen LogP contribution in [0.3, 0.4) is 0 Å². The summed E-state index contributed by atoms with van der Waals surface area (Å²) < 4.78 is 1.89. The van der Waals surface area contributed by atoms with E-state index in [1.54, 1.807) is 18.2 Å². The van der Waals surface area contributed by atoms with E-state index < -0.39 is 0 Å². The summed E-state index contributed by atoms with van der Waals surface area (Å²) in [5, 5.41) is 13.4. The van der Waals surface area contributed by atoms with Gasteiger partial charge in [-0.15, -0.1) is 0 Å². The number of anilines is 1. The van der Waals surface area contributed by atoms with Gasteiger partial charge in [0.15, 0.2) is 0 Å². The molecule has 0 spiro atoms. The standard InChI is InChI=1S/C15H12N6O/c22-15(8-11-9-21-6-2-1-3-14(21)16-11)17-10-4-5-12-13(7-10)19-20-18-12/h1-7,9H,8H2,(H,17,22)(H,18,19,20). The number of hydrogen-bond acceptors (Lipinski definition) is 4. The van der Waals surface area contributed by atoms with E-state index in [2.05, 4.69) is 25.7 Å². The Labute approximate surface area is 125 Å². The van der Waals surface area contributed by atoms with Gasteiger partial charge in [-0.05, 0) is 30.3 Å². The third-order valence-electron chi connectivity index (χ3n) is 3.36. The molecule has 0 aliphatic heterocycles. The van der Waals surface area contributed by atoms with E-state index in [-0.39, 0.29) is 12.3 Å². The SMILES string of the molecule is O=C(Cc1cn2ccccc2n1)Nc1ccc2n[nH]nc2c1. The summed E-state index contributed by atoms with van der Waals surface area (Å²) in [7, 11) is 0. The number of carbonyl (C=O) groups is 1. The predicted octanol–water partition coefficient (Wildman–Crippen LogP) is 1.79. The molecule has 1 aromatic carbocycles. The van der Waals surface area contributed by atoms with E-state index >= 15 is 0 Å². The Morgan fingerprint density at radius 1 is 1.18 bits per heavy atom. The molecule has 7 nitrogen and oxygen atoms in total. The van der Waals surface area contributed by atoms with Crippen LogP contribution in [0.5, 0.6) is 0 Å². The van der Waals surface area contributed by atoms with Gasteiger partial charge in [0.1, 0.15) is 16.7 Å². The van der Waals surface area contributed by atoms with E-state index in [0.717, 1.165) is 16.9 Å². The highest BCUT2D eigenvalue weighted by atomic mass is 16.1. The van der Waals surface area contributed by atoms with Crippen LogP contribution in [0.25, 0.3) is 16.7 Å². The molecule has 4 aromatic rings. The number of rotatable bonds is 3. The number of benzene rings is 1. The molecule has 0 radical (unpaired) electrons. The van der Waals surface area contributed by atoms with Crippen molar-refractivity contribution in [3.05, 3.63) is 54.5 Å². The molecule has 3 heterocycles. The van der Waals surface area contributed by atoms with Crippen molar-refractivity contribution >= 4 is 28.3 Å². The minimum absolute atomic E-state index is 0.119. The summed E-state index contributed by atoms with van der Waals surface area (Å²) in [5.41, 5.74) is 3.72. The normalized spacial score (nSPS) is 11.1. The summed E-state index contributed by atoms with van der Waals surface area (Å²) >= 11 is 0. The molecule has 0 bridgehead atoms. The van der Waals surface area contributed by atoms with Gasteiger partial charge < -0.3 is 9.72 Å². The van der Waals surface area contributed by atoms with Crippen LogP contribution in [0.2, 0.25) is 0 Å². The number of fused-ring (bicyclic) bond motifs is 2. The number of pyridine rings is 1. The Hall–Kier alpha value is -3.22. The summed E-state index contributed by atoms with van der Waals surface area (Å²) in [4.78, 5) is 16.5. The molecule has 0 unspecified atom stereocenters. The molecular formula is C15H12N6O. The average Bonchev–Trinajstić information content (AvgIpc) is 3.11. The van der Waals surface area contributed by atoms with Crippen LogP contribution in [0, 0.1) is 0 Å². The molecule has 0 saturated heterocycles. The maximum Gasteiger partial charge on any atom is 0.230 e. The predicted molar refractivity (Wildman–Crippen MR) is 81.4 cm³/mol. The van der Waals surface area contributed by atoms with Crippen molar-refractivity contribution in [3.8, 4) is 0 Å². The highest BCUT2D eigenvalue weighted by molar-refractivity contribution is 5.94. The van der Waals surface area contributed by atoms with Gasteiger partial charge in [-0.2, -0.15) is 15.4 Å². The number of carbonyl (C=O) groups excluding carboxylic acids is 1. The van der Waals surface area contributed by atoms with Crippen molar-refractivity contribution in [1.29, 1.82) is 0 Å². The van der Waals surface area contributed by atoms with Crippen molar-refractivity contribution in [3.63, 3.8) is 0 Å². The monoisotopic (exact) mass is 292 g/mol. The molecule has 108 valence electrons. The maximum absolute atomic E-state index is 12.1. The largest absolute Gasteiger partial charge is 0.326 e. The summed E-state index contributed by atoms with van der Waals surface area (Å²) in [5.74, 6) is -0.119. The second-order valence-corrected chi connectivity index (χ2v) is 4.95. The first kappa shape index (κ1) is 12.5. The van der Waals surface area contributed by atoms with Gasteiger partial charge in [0.05, 0.1) is 12.1 Å². The van der Waals surface area contributed by atoms with Gasteiger partial charge >= 0.3 is 0 Å². The first-order chi connectivity index (χ1) is 10.8. The minimum atomic E-state index is -0.119. The van der Waals surface area contributed by atoms with Gasteiger partial charge in [0.25, 0.3) is 0 Å². The van der Waals surface area contributed by atoms with Crippen molar-refractivity contribution in [2.24, 2.45) is 0 Å². The number of H-pyrrole nitrogens is 1. The van der Waals surface area contributed by atoms with Crippen LogP contribution in [-0.2, 0) is 11.2 Å². The number of nitrogens with one attached hydrogen (secondary N) is 2. The second-order valence-electron chi connectivity index (χ2n) is 4.95. The first-order valence-electron chi connectivity index (χ1n) is 6.81. The maximum atomic E-state index is 12.1. The molecule has 0 fully saturated rings.